The SMILES string of the molecule is Cl.Clc1ccc(C2(NCC3CCCCC3)CCC2)cc1Cl. The summed E-state index contributed by atoms with van der Waals surface area (Å²) in [5, 5.41) is 5.19. The summed E-state index contributed by atoms with van der Waals surface area (Å²) in [6.45, 7) is 1.15. The van der Waals surface area contributed by atoms with Gasteiger partial charge in [-0.25, -0.2) is 0 Å². The molecule has 0 heterocycles. The molecule has 1 N–H and O–H groups in total. The van der Waals surface area contributed by atoms with Crippen LogP contribution in [0.4, 0.5) is 0 Å². The number of benzene rings is 1. The Kier molecular flexibility index (Phi) is 6.25. The summed E-state index contributed by atoms with van der Waals surface area (Å²) in [4.78, 5) is 0. The van der Waals surface area contributed by atoms with Crippen LogP contribution in [0, 0.1) is 5.92 Å². The van der Waals surface area contributed by atoms with Gasteiger partial charge in [0.25, 0.3) is 0 Å². The lowest BCUT2D eigenvalue weighted by Gasteiger charge is -2.44. The quantitative estimate of drug-likeness (QED) is 0.707. The van der Waals surface area contributed by atoms with Gasteiger partial charge in [0.2, 0.25) is 0 Å². The normalized spacial score (nSPS) is 21.4. The molecule has 1 aromatic carbocycles. The summed E-state index contributed by atoms with van der Waals surface area (Å²) in [6, 6.07) is 6.12. The van der Waals surface area contributed by atoms with E-state index in [1.165, 1.54) is 56.9 Å². The third-order valence-electron chi connectivity index (χ3n) is 5.13. The minimum Gasteiger partial charge on any atom is -0.307 e. The summed E-state index contributed by atoms with van der Waals surface area (Å²) in [7, 11) is 0. The first-order chi connectivity index (χ1) is 9.70. The van der Waals surface area contributed by atoms with Gasteiger partial charge in [0, 0.05) is 5.54 Å². The van der Waals surface area contributed by atoms with Crippen LogP contribution in [0.3, 0.4) is 0 Å². The molecular formula is C17H24Cl3N. The van der Waals surface area contributed by atoms with Crippen molar-refractivity contribution in [3.8, 4) is 0 Å². The van der Waals surface area contributed by atoms with Gasteiger partial charge < -0.3 is 5.32 Å². The van der Waals surface area contributed by atoms with Gasteiger partial charge in [-0.1, -0.05) is 48.5 Å². The van der Waals surface area contributed by atoms with Crippen LogP contribution in [0.2, 0.25) is 10.0 Å². The van der Waals surface area contributed by atoms with Gasteiger partial charge in [0.05, 0.1) is 10.0 Å². The minimum atomic E-state index is 0. The van der Waals surface area contributed by atoms with Crippen LogP contribution >= 0.6 is 35.6 Å². The molecule has 1 aromatic rings. The molecular weight excluding hydrogens is 325 g/mol. The monoisotopic (exact) mass is 347 g/mol. The van der Waals surface area contributed by atoms with Crippen LogP contribution < -0.4 is 5.32 Å². The third kappa shape index (κ3) is 3.88. The molecule has 0 saturated heterocycles. The predicted octanol–water partition coefficient (Wildman–Crippen LogP) is 5.96. The molecule has 0 amide bonds. The van der Waals surface area contributed by atoms with E-state index in [1.54, 1.807) is 0 Å². The van der Waals surface area contributed by atoms with Crippen molar-refractivity contribution in [1.29, 1.82) is 0 Å². The fraction of sp³-hybridized carbons (Fsp3) is 0.647. The zero-order chi connectivity index (χ0) is 14.0. The van der Waals surface area contributed by atoms with E-state index < -0.39 is 0 Å². The molecule has 2 saturated carbocycles. The molecule has 1 nitrogen and oxygen atoms in total. The van der Waals surface area contributed by atoms with Crippen LogP contribution in [-0.4, -0.2) is 6.54 Å². The zero-order valence-electron chi connectivity index (χ0n) is 12.3. The Balaban J connectivity index is 0.00000161. The van der Waals surface area contributed by atoms with Crippen molar-refractivity contribution in [1.82, 2.24) is 5.32 Å². The minimum absolute atomic E-state index is 0. The maximum Gasteiger partial charge on any atom is 0.0595 e. The van der Waals surface area contributed by atoms with Gasteiger partial charge in [-0.2, -0.15) is 0 Å². The molecule has 0 radical (unpaired) electrons. The molecule has 0 atom stereocenters. The maximum atomic E-state index is 6.19. The highest BCUT2D eigenvalue weighted by Gasteiger charge is 2.38. The fourth-order valence-electron chi connectivity index (χ4n) is 3.62. The molecule has 0 spiro atoms. The van der Waals surface area contributed by atoms with Crippen molar-refractivity contribution in [2.45, 2.75) is 56.9 Å². The van der Waals surface area contributed by atoms with E-state index in [9.17, 15) is 0 Å². The van der Waals surface area contributed by atoms with Crippen LogP contribution in [0.5, 0.6) is 0 Å². The fourth-order valence-corrected chi connectivity index (χ4v) is 3.92. The van der Waals surface area contributed by atoms with Gasteiger partial charge in [-0.05, 0) is 62.3 Å². The number of nitrogens with one attached hydrogen (secondary N) is 1. The molecule has 118 valence electrons. The van der Waals surface area contributed by atoms with Gasteiger partial charge in [0.15, 0.2) is 0 Å². The summed E-state index contributed by atoms with van der Waals surface area (Å²) in [5.41, 5.74) is 1.47. The Labute approximate surface area is 144 Å². The van der Waals surface area contributed by atoms with Crippen molar-refractivity contribution in [2.24, 2.45) is 5.92 Å². The van der Waals surface area contributed by atoms with Crippen molar-refractivity contribution in [2.75, 3.05) is 6.54 Å². The molecule has 2 fully saturated rings. The Morgan fingerprint density at radius 2 is 1.71 bits per heavy atom. The van der Waals surface area contributed by atoms with E-state index in [4.69, 9.17) is 23.2 Å². The largest absolute Gasteiger partial charge is 0.307 e. The molecule has 0 unspecified atom stereocenters. The number of hydrogen-bond donors (Lipinski definition) is 1. The first-order valence-corrected chi connectivity index (χ1v) is 8.66. The number of rotatable bonds is 4. The van der Waals surface area contributed by atoms with Crippen molar-refractivity contribution < 1.29 is 0 Å². The average molecular weight is 349 g/mol. The smallest absolute Gasteiger partial charge is 0.0595 e. The summed E-state index contributed by atoms with van der Waals surface area (Å²) in [6.07, 6.45) is 10.8. The first-order valence-electron chi connectivity index (χ1n) is 7.90. The summed E-state index contributed by atoms with van der Waals surface area (Å²) >= 11 is 12.2. The second kappa shape index (κ2) is 7.55. The Hall–Kier alpha value is 0.0500. The van der Waals surface area contributed by atoms with Crippen LogP contribution in [0.25, 0.3) is 0 Å². The number of halogens is 3. The van der Waals surface area contributed by atoms with Crippen molar-refractivity contribution in [3.05, 3.63) is 33.8 Å². The van der Waals surface area contributed by atoms with E-state index >= 15 is 0 Å². The first kappa shape index (κ1) is 17.4. The lowest BCUT2D eigenvalue weighted by Crippen LogP contribution is -2.49. The van der Waals surface area contributed by atoms with Gasteiger partial charge in [0.1, 0.15) is 0 Å². The molecule has 3 rings (SSSR count). The molecule has 2 aliphatic rings. The van der Waals surface area contributed by atoms with Gasteiger partial charge in [-0.15, -0.1) is 12.4 Å². The molecule has 0 aliphatic heterocycles. The Morgan fingerprint density at radius 3 is 2.29 bits per heavy atom. The van der Waals surface area contributed by atoms with Crippen LogP contribution in [-0.2, 0) is 5.54 Å². The van der Waals surface area contributed by atoms with E-state index in [1.807, 2.05) is 6.07 Å². The average Bonchev–Trinajstić information content (AvgIpc) is 2.42. The summed E-state index contributed by atoms with van der Waals surface area (Å²) < 4.78 is 0. The number of hydrogen-bond acceptors (Lipinski definition) is 1. The van der Waals surface area contributed by atoms with Crippen molar-refractivity contribution >= 4 is 35.6 Å². The van der Waals surface area contributed by atoms with Crippen LogP contribution in [0.15, 0.2) is 18.2 Å². The second-order valence-corrected chi connectivity index (χ2v) is 7.26. The standard InChI is InChI=1S/C17H23Cl2N.ClH/c18-15-8-7-14(11-16(15)19)17(9-4-10-17)20-12-13-5-2-1-3-6-13;/h7-8,11,13,20H,1-6,9-10,12H2;1H. The lowest BCUT2D eigenvalue weighted by molar-refractivity contribution is 0.167. The molecule has 2 aliphatic carbocycles. The van der Waals surface area contributed by atoms with Gasteiger partial charge in [-0.3, -0.25) is 0 Å². The molecule has 0 aromatic heterocycles. The lowest BCUT2D eigenvalue weighted by atomic mass is 9.71. The zero-order valence-corrected chi connectivity index (χ0v) is 14.7. The van der Waals surface area contributed by atoms with E-state index in [-0.39, 0.29) is 17.9 Å². The van der Waals surface area contributed by atoms with Gasteiger partial charge >= 0.3 is 0 Å². The Bertz CT molecular complexity index is 465. The Morgan fingerprint density at radius 1 is 1.00 bits per heavy atom. The highest BCUT2D eigenvalue weighted by molar-refractivity contribution is 6.42. The molecule has 21 heavy (non-hydrogen) atoms. The topological polar surface area (TPSA) is 12.0 Å². The van der Waals surface area contributed by atoms with E-state index in [2.05, 4.69) is 17.4 Å². The maximum absolute atomic E-state index is 6.19. The third-order valence-corrected chi connectivity index (χ3v) is 5.87. The van der Waals surface area contributed by atoms with E-state index in [0.29, 0.717) is 10.0 Å². The highest BCUT2D eigenvalue weighted by Crippen LogP contribution is 2.43. The second-order valence-electron chi connectivity index (χ2n) is 6.45. The van der Waals surface area contributed by atoms with E-state index in [0.717, 1.165) is 12.5 Å². The van der Waals surface area contributed by atoms with Crippen molar-refractivity contribution in [3.63, 3.8) is 0 Å². The van der Waals surface area contributed by atoms with Crippen LogP contribution in [0.1, 0.15) is 56.9 Å². The highest BCUT2D eigenvalue weighted by atomic mass is 35.5. The predicted molar refractivity (Wildman–Crippen MR) is 93.8 cm³/mol. The summed E-state index contributed by atoms with van der Waals surface area (Å²) in [5.74, 6) is 0.865. The molecule has 0 bridgehead atoms. The molecule has 4 heteroatoms.